The molecule has 8 nitrogen and oxygen atoms in total. The largest absolute Gasteiger partial charge is 0.418 e. The number of hydrogen-bond acceptors (Lipinski definition) is 6. The van der Waals surface area contributed by atoms with Crippen molar-refractivity contribution in [2.24, 2.45) is 0 Å². The van der Waals surface area contributed by atoms with E-state index in [9.17, 15) is 32.9 Å². The quantitative estimate of drug-likeness (QED) is 0.406. The van der Waals surface area contributed by atoms with Crippen molar-refractivity contribution in [3.63, 3.8) is 0 Å². The molecule has 2 aliphatic heterocycles. The Hall–Kier alpha value is -3.47. The van der Waals surface area contributed by atoms with Gasteiger partial charge in [-0.05, 0) is 24.3 Å². The van der Waals surface area contributed by atoms with Crippen LogP contribution in [-0.4, -0.2) is 53.9 Å². The average Bonchev–Trinajstić information content (AvgIpc) is 3.07. The van der Waals surface area contributed by atoms with E-state index in [0.29, 0.717) is 31.1 Å². The lowest BCUT2D eigenvalue weighted by Gasteiger charge is -2.38. The summed E-state index contributed by atoms with van der Waals surface area (Å²) >= 11 is 0. The van der Waals surface area contributed by atoms with E-state index < -0.39 is 40.2 Å². The first-order valence-corrected chi connectivity index (χ1v) is 9.93. The zero-order valence-electron chi connectivity index (χ0n) is 16.8. The molecule has 2 aromatic carbocycles. The molecule has 11 heteroatoms. The van der Waals surface area contributed by atoms with E-state index in [0.717, 1.165) is 17.8 Å². The summed E-state index contributed by atoms with van der Waals surface area (Å²) in [6.07, 6.45) is -4.87. The van der Waals surface area contributed by atoms with Crippen molar-refractivity contribution in [1.82, 2.24) is 4.90 Å². The van der Waals surface area contributed by atoms with Gasteiger partial charge in [-0.15, -0.1) is 0 Å². The lowest BCUT2D eigenvalue weighted by molar-refractivity contribution is -0.384. The summed E-state index contributed by atoms with van der Waals surface area (Å²) in [5, 5.41) is 10.8. The van der Waals surface area contributed by atoms with Crippen molar-refractivity contribution in [3.05, 3.63) is 64.2 Å². The molecule has 2 aromatic rings. The highest BCUT2D eigenvalue weighted by atomic mass is 19.4. The Morgan fingerprint density at radius 3 is 2.16 bits per heavy atom. The van der Waals surface area contributed by atoms with Crippen molar-refractivity contribution in [2.45, 2.75) is 18.6 Å². The highest BCUT2D eigenvalue weighted by Gasteiger charge is 2.46. The minimum atomic E-state index is -4.69. The van der Waals surface area contributed by atoms with Gasteiger partial charge in [0.05, 0.1) is 28.6 Å². The van der Waals surface area contributed by atoms with Crippen molar-refractivity contribution in [3.8, 4) is 0 Å². The summed E-state index contributed by atoms with van der Waals surface area (Å²) in [4.78, 5) is 40.3. The van der Waals surface area contributed by atoms with Crippen molar-refractivity contribution < 1.29 is 27.7 Å². The predicted octanol–water partition coefficient (Wildman–Crippen LogP) is 3.07. The molecule has 0 aromatic heterocycles. The van der Waals surface area contributed by atoms with E-state index in [2.05, 4.69) is 0 Å². The van der Waals surface area contributed by atoms with E-state index in [1.54, 1.807) is 17.0 Å². The molecule has 0 radical (unpaired) electrons. The van der Waals surface area contributed by atoms with Crippen LogP contribution in [0.2, 0.25) is 0 Å². The highest BCUT2D eigenvalue weighted by Crippen LogP contribution is 2.38. The van der Waals surface area contributed by atoms with Crippen LogP contribution < -0.4 is 9.80 Å². The summed E-state index contributed by atoms with van der Waals surface area (Å²) in [5.41, 5.74) is -0.682. The van der Waals surface area contributed by atoms with Gasteiger partial charge in [0, 0.05) is 44.0 Å². The Kier molecular flexibility index (Phi) is 5.59. The number of non-ortho nitro benzene ring substituents is 1. The predicted molar refractivity (Wildman–Crippen MR) is 109 cm³/mol. The summed E-state index contributed by atoms with van der Waals surface area (Å²) in [6, 6.07) is 9.87. The number of piperazine rings is 1. The van der Waals surface area contributed by atoms with E-state index in [1.807, 2.05) is 4.90 Å². The Morgan fingerprint density at radius 1 is 0.938 bits per heavy atom. The van der Waals surface area contributed by atoms with Gasteiger partial charge in [-0.1, -0.05) is 12.1 Å². The number of nitro groups is 1. The third-order valence-corrected chi connectivity index (χ3v) is 5.75. The number of benzene rings is 2. The maximum atomic E-state index is 13.4. The second-order valence-corrected chi connectivity index (χ2v) is 7.60. The number of carbonyl (C=O) groups excluding carboxylic acids is 2. The second kappa shape index (κ2) is 8.23. The van der Waals surface area contributed by atoms with Gasteiger partial charge in [-0.2, -0.15) is 13.2 Å². The standard InChI is InChI=1S/C21H19F3N4O4/c22-21(23,24)16-3-1-2-4-17(16)27-19(29)13-18(20(27)30)26-11-9-25(10-12-26)14-5-7-15(8-6-14)28(31)32/h1-8,18H,9-13H2/t18-/m1/s1. The lowest BCUT2D eigenvalue weighted by Crippen LogP contribution is -2.52. The Bertz CT molecular complexity index is 1050. The van der Waals surface area contributed by atoms with Gasteiger partial charge in [0.2, 0.25) is 5.91 Å². The third-order valence-electron chi connectivity index (χ3n) is 5.75. The number of anilines is 2. The maximum Gasteiger partial charge on any atom is 0.418 e. The second-order valence-electron chi connectivity index (χ2n) is 7.60. The Labute approximate surface area is 181 Å². The third kappa shape index (κ3) is 4.03. The first kappa shape index (κ1) is 21.8. The lowest BCUT2D eigenvalue weighted by atomic mass is 10.1. The summed E-state index contributed by atoms with van der Waals surface area (Å²) in [6.45, 7) is 1.87. The van der Waals surface area contributed by atoms with Gasteiger partial charge in [0.25, 0.3) is 11.6 Å². The van der Waals surface area contributed by atoms with Crippen LogP contribution in [0.1, 0.15) is 12.0 Å². The Balaban J connectivity index is 1.46. The van der Waals surface area contributed by atoms with Crippen LogP contribution in [-0.2, 0) is 15.8 Å². The molecule has 168 valence electrons. The van der Waals surface area contributed by atoms with Gasteiger partial charge in [0.1, 0.15) is 0 Å². The van der Waals surface area contributed by atoms with Gasteiger partial charge in [0.15, 0.2) is 0 Å². The first-order chi connectivity index (χ1) is 15.2. The molecule has 0 unspecified atom stereocenters. The molecule has 4 rings (SSSR count). The summed E-state index contributed by atoms with van der Waals surface area (Å²) in [5.74, 6) is -1.31. The van der Waals surface area contributed by atoms with Crippen LogP contribution in [0.15, 0.2) is 48.5 Å². The van der Waals surface area contributed by atoms with Crippen LogP contribution in [0.3, 0.4) is 0 Å². The fraction of sp³-hybridized carbons (Fsp3) is 0.333. The van der Waals surface area contributed by atoms with Crippen LogP contribution in [0.4, 0.5) is 30.2 Å². The number of amides is 2. The summed E-state index contributed by atoms with van der Waals surface area (Å²) < 4.78 is 40.1. The van der Waals surface area contributed by atoms with Crippen LogP contribution >= 0.6 is 0 Å². The van der Waals surface area contributed by atoms with Gasteiger partial charge >= 0.3 is 6.18 Å². The molecule has 1 atom stereocenters. The van der Waals surface area contributed by atoms with Crippen LogP contribution in [0.25, 0.3) is 0 Å². The van der Waals surface area contributed by atoms with E-state index in [1.165, 1.54) is 24.3 Å². The highest BCUT2D eigenvalue weighted by molar-refractivity contribution is 6.22. The SMILES string of the molecule is O=C1C[C@@H](N2CCN(c3ccc([N+](=O)[O-])cc3)CC2)C(=O)N1c1ccccc1C(F)(F)F. The molecule has 0 aliphatic carbocycles. The number of imide groups is 1. The van der Waals surface area contributed by atoms with Crippen molar-refractivity contribution in [2.75, 3.05) is 36.0 Å². The molecule has 2 amide bonds. The number of nitrogens with zero attached hydrogens (tertiary/aromatic N) is 4. The zero-order valence-corrected chi connectivity index (χ0v) is 16.8. The van der Waals surface area contributed by atoms with Crippen molar-refractivity contribution >= 4 is 28.9 Å². The molecule has 0 bridgehead atoms. The van der Waals surface area contributed by atoms with Crippen LogP contribution in [0.5, 0.6) is 0 Å². The molecule has 0 N–H and O–H groups in total. The maximum absolute atomic E-state index is 13.4. The number of nitro benzene ring substituents is 1. The van der Waals surface area contributed by atoms with Crippen LogP contribution in [0, 0.1) is 10.1 Å². The van der Waals surface area contributed by atoms with E-state index >= 15 is 0 Å². The molecular formula is C21H19F3N4O4. The van der Waals surface area contributed by atoms with Gasteiger partial charge in [-0.25, -0.2) is 4.90 Å². The van der Waals surface area contributed by atoms with Gasteiger partial charge in [-0.3, -0.25) is 24.6 Å². The molecule has 0 saturated carbocycles. The molecule has 0 spiro atoms. The molecule has 2 saturated heterocycles. The van der Waals surface area contributed by atoms with E-state index in [-0.39, 0.29) is 12.1 Å². The molecule has 2 aliphatic rings. The number of carbonyl (C=O) groups is 2. The monoisotopic (exact) mass is 448 g/mol. The fourth-order valence-electron chi connectivity index (χ4n) is 4.14. The summed E-state index contributed by atoms with van der Waals surface area (Å²) in [7, 11) is 0. The van der Waals surface area contributed by atoms with Crippen molar-refractivity contribution in [1.29, 1.82) is 0 Å². The molecule has 32 heavy (non-hydrogen) atoms. The first-order valence-electron chi connectivity index (χ1n) is 9.93. The fourth-order valence-corrected chi connectivity index (χ4v) is 4.14. The minimum Gasteiger partial charge on any atom is -0.369 e. The normalized spacial score (nSPS) is 20.2. The zero-order chi connectivity index (χ0) is 23.0. The Morgan fingerprint density at radius 2 is 1.56 bits per heavy atom. The topological polar surface area (TPSA) is 87.0 Å². The number of alkyl halides is 3. The average molecular weight is 448 g/mol. The van der Waals surface area contributed by atoms with E-state index in [4.69, 9.17) is 0 Å². The number of para-hydroxylation sites is 1. The molecule has 2 fully saturated rings. The smallest absolute Gasteiger partial charge is 0.369 e. The minimum absolute atomic E-state index is 0.0123. The molecular weight excluding hydrogens is 429 g/mol. The van der Waals surface area contributed by atoms with Gasteiger partial charge < -0.3 is 4.90 Å². The number of hydrogen-bond donors (Lipinski definition) is 0. The molecule has 2 heterocycles. The number of halogens is 3. The number of rotatable bonds is 4.